The van der Waals surface area contributed by atoms with E-state index >= 15 is 0 Å². The van der Waals surface area contributed by atoms with Crippen LogP contribution in [0.15, 0.2) is 0 Å². The molecule has 0 aliphatic carbocycles. The number of halogens is 1. The van der Waals surface area contributed by atoms with Gasteiger partial charge in [-0.1, -0.05) is 11.9 Å². The molecule has 0 aromatic carbocycles. The molecule has 1 aliphatic rings. The maximum absolute atomic E-state index is 5.55. The fourth-order valence-corrected chi connectivity index (χ4v) is 1.28. The molecule has 3 heteroatoms. The van der Waals surface area contributed by atoms with Crippen molar-refractivity contribution in [2.45, 2.75) is 11.9 Å². The van der Waals surface area contributed by atoms with Crippen molar-refractivity contribution in [1.82, 2.24) is 4.72 Å². The lowest BCUT2D eigenvalue weighted by Gasteiger charge is -1.90. The van der Waals surface area contributed by atoms with Crippen LogP contribution in [0.3, 0.4) is 0 Å². The quantitative estimate of drug-likeness (QED) is 0.296. The van der Waals surface area contributed by atoms with Crippen molar-refractivity contribution in [3.05, 3.63) is 5.75 Å². The zero-order valence-electron chi connectivity index (χ0n) is 3.15. The number of hydrogen-bond donors (Lipinski definition) is 1. The van der Waals surface area contributed by atoms with Gasteiger partial charge in [-0.05, 0) is 6.42 Å². The Kier molecular flexibility index (Phi) is 1.62. The highest BCUT2D eigenvalue weighted by Crippen LogP contribution is 2.19. The molecule has 35 valence electrons. The Morgan fingerprint density at radius 2 is 2.83 bits per heavy atom. The minimum absolute atomic E-state index is 0.176. The van der Waals surface area contributed by atoms with Crippen molar-refractivity contribution in [3.63, 3.8) is 0 Å². The predicted octanol–water partition coefficient (Wildman–Crippen LogP) is 1.35. The first kappa shape index (κ1) is 4.75. The molecule has 1 nitrogen and oxygen atoms in total. The van der Waals surface area contributed by atoms with Gasteiger partial charge < -0.3 is 0 Å². The van der Waals surface area contributed by atoms with Gasteiger partial charge in [-0.3, -0.25) is 0 Å². The lowest BCUT2D eigenvalue weighted by molar-refractivity contribution is 0.885. The van der Waals surface area contributed by atoms with Gasteiger partial charge in [0.15, 0.2) is 0 Å². The molecule has 1 radical (unpaired) electrons. The van der Waals surface area contributed by atoms with Crippen molar-refractivity contribution in [2.24, 2.45) is 0 Å². The van der Waals surface area contributed by atoms with E-state index in [1.165, 1.54) is 0 Å². The van der Waals surface area contributed by atoms with Crippen LogP contribution in [0, 0.1) is 5.75 Å². The van der Waals surface area contributed by atoms with Crippen LogP contribution in [-0.4, -0.2) is 5.50 Å². The van der Waals surface area contributed by atoms with E-state index in [0.29, 0.717) is 0 Å². The topological polar surface area (TPSA) is 12.0 Å². The average Bonchev–Trinajstić information content (AvgIpc) is 1.86. The van der Waals surface area contributed by atoms with E-state index in [4.69, 9.17) is 11.6 Å². The maximum Gasteiger partial charge on any atom is 0.0926 e. The van der Waals surface area contributed by atoms with E-state index < -0.39 is 0 Å². The van der Waals surface area contributed by atoms with Gasteiger partial charge in [0.05, 0.1) is 5.50 Å². The zero-order chi connectivity index (χ0) is 4.41. The summed E-state index contributed by atoms with van der Waals surface area (Å²) >= 11 is 7.12. The van der Waals surface area contributed by atoms with Gasteiger partial charge in [-0.2, -0.15) is 0 Å². The first-order valence-corrected chi connectivity index (χ1v) is 3.08. The summed E-state index contributed by atoms with van der Waals surface area (Å²) in [6.45, 7) is 0. The summed E-state index contributed by atoms with van der Waals surface area (Å²) in [5, 5.41) is 0. The monoisotopic (exact) mass is 122 g/mol. The Morgan fingerprint density at radius 3 is 3.00 bits per heavy atom. The molecule has 0 aromatic heterocycles. The first-order valence-electron chi connectivity index (χ1n) is 1.76. The third kappa shape index (κ3) is 1.03. The average molecular weight is 123 g/mol. The second-order valence-electron chi connectivity index (χ2n) is 1.11. The van der Waals surface area contributed by atoms with Crippen LogP contribution in [0.5, 0.6) is 0 Å². The first-order chi connectivity index (χ1) is 2.89. The number of nitrogens with one attached hydrogen (secondary N) is 1. The van der Waals surface area contributed by atoms with Gasteiger partial charge in [-0.15, -0.1) is 11.6 Å². The highest BCUT2D eigenvalue weighted by molar-refractivity contribution is 7.99. The van der Waals surface area contributed by atoms with Gasteiger partial charge in [-0.25, -0.2) is 4.72 Å². The van der Waals surface area contributed by atoms with Gasteiger partial charge in [0, 0.05) is 5.75 Å². The van der Waals surface area contributed by atoms with Crippen molar-refractivity contribution in [2.75, 3.05) is 0 Å². The van der Waals surface area contributed by atoms with E-state index in [1.807, 2.05) is 0 Å². The van der Waals surface area contributed by atoms with E-state index in [9.17, 15) is 0 Å². The Bertz CT molecular complexity index is 44.1. The van der Waals surface area contributed by atoms with E-state index in [-0.39, 0.29) is 5.50 Å². The Balaban J connectivity index is 2.18. The van der Waals surface area contributed by atoms with Crippen molar-refractivity contribution >= 4 is 23.5 Å². The van der Waals surface area contributed by atoms with Crippen molar-refractivity contribution in [3.8, 4) is 0 Å². The second-order valence-corrected chi connectivity index (χ2v) is 2.44. The molecular weight excluding hydrogens is 118 g/mol. The van der Waals surface area contributed by atoms with Crippen molar-refractivity contribution in [1.29, 1.82) is 0 Å². The molecule has 1 unspecified atom stereocenters. The Hall–Kier alpha value is 0.600. The highest BCUT2D eigenvalue weighted by atomic mass is 35.5. The lowest BCUT2D eigenvalue weighted by atomic mass is 10.5. The maximum atomic E-state index is 5.55. The largest absolute Gasteiger partial charge is 0.246 e. The second kappa shape index (κ2) is 2.05. The Labute approximate surface area is 46.6 Å². The van der Waals surface area contributed by atoms with Gasteiger partial charge >= 0.3 is 0 Å². The van der Waals surface area contributed by atoms with Crippen LogP contribution in [-0.2, 0) is 0 Å². The van der Waals surface area contributed by atoms with E-state index in [1.54, 1.807) is 11.9 Å². The van der Waals surface area contributed by atoms with Gasteiger partial charge in [0.1, 0.15) is 0 Å². The van der Waals surface area contributed by atoms with Crippen LogP contribution in [0.4, 0.5) is 0 Å². The zero-order valence-corrected chi connectivity index (χ0v) is 4.72. The number of hydrogen-bond acceptors (Lipinski definition) is 2. The molecule has 1 saturated heterocycles. The SMILES string of the molecule is ClC1C[CH]SN1. The van der Waals surface area contributed by atoms with Crippen LogP contribution >= 0.6 is 23.5 Å². The summed E-state index contributed by atoms with van der Waals surface area (Å²) in [7, 11) is 0. The van der Waals surface area contributed by atoms with Crippen molar-refractivity contribution < 1.29 is 0 Å². The molecule has 0 saturated carbocycles. The Morgan fingerprint density at radius 1 is 2.00 bits per heavy atom. The molecule has 0 aromatic rings. The summed E-state index contributed by atoms with van der Waals surface area (Å²) < 4.78 is 2.95. The van der Waals surface area contributed by atoms with Crippen LogP contribution < -0.4 is 4.72 Å². The number of alkyl halides is 1. The van der Waals surface area contributed by atoms with Crippen LogP contribution in [0.25, 0.3) is 0 Å². The third-order valence-electron chi connectivity index (χ3n) is 0.582. The molecule has 1 rings (SSSR count). The smallest absolute Gasteiger partial charge is 0.0926 e. The summed E-state index contributed by atoms with van der Waals surface area (Å²) in [5.41, 5.74) is 0.176. The summed E-state index contributed by atoms with van der Waals surface area (Å²) in [6.07, 6.45) is 0.978. The lowest BCUT2D eigenvalue weighted by Crippen LogP contribution is -2.05. The summed E-state index contributed by atoms with van der Waals surface area (Å²) in [4.78, 5) is 0. The molecule has 1 atom stereocenters. The van der Waals surface area contributed by atoms with Gasteiger partial charge in [0.2, 0.25) is 0 Å². The predicted molar refractivity (Wildman–Crippen MR) is 29.3 cm³/mol. The van der Waals surface area contributed by atoms with E-state index in [0.717, 1.165) is 6.42 Å². The van der Waals surface area contributed by atoms with Crippen LogP contribution in [0.2, 0.25) is 0 Å². The minimum Gasteiger partial charge on any atom is -0.246 e. The summed E-state index contributed by atoms with van der Waals surface area (Å²) in [6, 6.07) is 0. The molecule has 6 heavy (non-hydrogen) atoms. The highest BCUT2D eigenvalue weighted by Gasteiger charge is 2.09. The van der Waals surface area contributed by atoms with E-state index in [2.05, 4.69) is 10.5 Å². The molecule has 1 heterocycles. The third-order valence-corrected chi connectivity index (χ3v) is 1.78. The molecular formula is C3H5ClNS. The molecule has 1 fully saturated rings. The fraction of sp³-hybridized carbons (Fsp3) is 0.667. The fourth-order valence-electron chi connectivity index (χ4n) is 0.303. The minimum atomic E-state index is 0.176. The molecule has 1 aliphatic heterocycles. The molecule has 0 bridgehead atoms. The molecule has 1 N–H and O–H groups in total. The normalized spacial score (nSPS) is 34.5. The number of rotatable bonds is 0. The standard InChI is InChI=1S/C3H5ClNS/c4-3-1-2-6-5-3/h2-3,5H,1H2. The molecule has 0 spiro atoms. The molecule has 0 amide bonds. The van der Waals surface area contributed by atoms with Crippen LogP contribution in [0.1, 0.15) is 6.42 Å². The van der Waals surface area contributed by atoms with Gasteiger partial charge in [0.25, 0.3) is 0 Å². The summed E-state index contributed by atoms with van der Waals surface area (Å²) in [5.74, 6) is 2.05.